The van der Waals surface area contributed by atoms with Crippen LogP contribution in [0.4, 0.5) is 34.1 Å². The molecule has 5 heteroatoms. The first-order valence-electron chi connectivity index (χ1n) is 21.6. The molecule has 1 heterocycles. The van der Waals surface area contributed by atoms with E-state index in [0.717, 1.165) is 83.9 Å². The van der Waals surface area contributed by atoms with Crippen molar-refractivity contribution in [1.29, 1.82) is 0 Å². The molecule has 0 aliphatic carbocycles. The Balaban J connectivity index is 0.884. The number of hydrogen-bond donors (Lipinski definition) is 0. The summed E-state index contributed by atoms with van der Waals surface area (Å²) in [5.41, 5.74) is 16.9. The van der Waals surface area contributed by atoms with Gasteiger partial charge in [-0.15, -0.1) is 0 Å². The molecule has 65 heavy (non-hydrogen) atoms. The minimum atomic E-state index is 0.687. The van der Waals surface area contributed by atoms with Gasteiger partial charge in [0.05, 0.1) is 5.69 Å². The van der Waals surface area contributed by atoms with Crippen LogP contribution in [0.15, 0.2) is 247 Å². The molecule has 0 N–H and O–H groups in total. The molecule has 11 aromatic rings. The summed E-state index contributed by atoms with van der Waals surface area (Å²) >= 11 is 12.7. The van der Waals surface area contributed by atoms with Gasteiger partial charge in [0.2, 0.25) is 0 Å². The lowest BCUT2D eigenvalue weighted by Crippen LogP contribution is -2.10. The number of para-hydroxylation sites is 1. The molecule has 310 valence electrons. The zero-order valence-electron chi connectivity index (χ0n) is 35.2. The van der Waals surface area contributed by atoms with Gasteiger partial charge in [-0.25, -0.2) is 0 Å². The van der Waals surface area contributed by atoms with Crippen LogP contribution in [0.5, 0.6) is 0 Å². The second-order valence-corrected chi connectivity index (χ2v) is 16.9. The topological polar surface area (TPSA) is 19.6 Å². The van der Waals surface area contributed by atoms with Gasteiger partial charge in [0, 0.05) is 49.3 Å². The van der Waals surface area contributed by atoms with Crippen molar-refractivity contribution in [2.45, 2.75) is 0 Å². The lowest BCUT2D eigenvalue weighted by Gasteiger charge is -2.26. The average molecular weight is 876 g/mol. The average Bonchev–Trinajstić information content (AvgIpc) is 3.75. The number of furan rings is 1. The van der Waals surface area contributed by atoms with Gasteiger partial charge in [-0.1, -0.05) is 163 Å². The second kappa shape index (κ2) is 17.4. The fourth-order valence-electron chi connectivity index (χ4n) is 8.72. The van der Waals surface area contributed by atoms with Crippen molar-refractivity contribution in [1.82, 2.24) is 0 Å². The summed E-state index contributed by atoms with van der Waals surface area (Å²) in [5.74, 6) is 0. The fourth-order valence-corrected chi connectivity index (χ4v) is 8.97. The zero-order chi connectivity index (χ0) is 43.7. The van der Waals surface area contributed by atoms with Gasteiger partial charge >= 0.3 is 0 Å². The number of hydrogen-bond acceptors (Lipinski definition) is 3. The molecule has 0 radical (unpaired) electrons. The Bertz CT molecular complexity index is 3390. The third-order valence-electron chi connectivity index (χ3n) is 12.0. The molecule has 0 spiro atoms. The highest BCUT2D eigenvalue weighted by molar-refractivity contribution is 6.31. The molecule has 0 saturated carbocycles. The van der Waals surface area contributed by atoms with Crippen LogP contribution in [-0.2, 0) is 0 Å². The zero-order valence-corrected chi connectivity index (χ0v) is 36.7. The highest BCUT2D eigenvalue weighted by Gasteiger charge is 2.20. The van der Waals surface area contributed by atoms with Crippen molar-refractivity contribution in [2.75, 3.05) is 9.80 Å². The van der Waals surface area contributed by atoms with E-state index < -0.39 is 0 Å². The van der Waals surface area contributed by atoms with Gasteiger partial charge in [0.1, 0.15) is 5.58 Å². The molecule has 0 aliphatic heterocycles. The van der Waals surface area contributed by atoms with Crippen LogP contribution in [0.1, 0.15) is 0 Å². The molecule has 0 unspecified atom stereocenters. The normalized spacial score (nSPS) is 11.2. The Morgan fingerprint density at radius 3 is 1.08 bits per heavy atom. The van der Waals surface area contributed by atoms with Crippen molar-refractivity contribution in [3.63, 3.8) is 0 Å². The van der Waals surface area contributed by atoms with E-state index in [2.05, 4.69) is 204 Å². The number of nitrogens with zero attached hydrogens (tertiary/aromatic N) is 2. The third kappa shape index (κ3) is 8.04. The van der Waals surface area contributed by atoms with Crippen molar-refractivity contribution in [3.8, 4) is 44.5 Å². The van der Waals surface area contributed by atoms with E-state index >= 15 is 0 Å². The lowest BCUT2D eigenvalue weighted by molar-refractivity contribution is 0.669. The Morgan fingerprint density at radius 1 is 0.277 bits per heavy atom. The Kier molecular flexibility index (Phi) is 10.7. The van der Waals surface area contributed by atoms with Crippen molar-refractivity contribution in [3.05, 3.63) is 253 Å². The molecule has 3 nitrogen and oxygen atoms in total. The van der Waals surface area contributed by atoms with Crippen LogP contribution in [0.25, 0.3) is 66.4 Å². The van der Waals surface area contributed by atoms with E-state index in [1.807, 2.05) is 48.5 Å². The number of halogens is 2. The first kappa shape index (κ1) is 40.0. The lowest BCUT2D eigenvalue weighted by atomic mass is 9.99. The van der Waals surface area contributed by atoms with Crippen LogP contribution < -0.4 is 9.80 Å². The summed E-state index contributed by atoms with van der Waals surface area (Å²) in [4.78, 5) is 4.49. The number of rotatable bonds is 10. The molecule has 0 atom stereocenters. The Hall–Kier alpha value is -7.82. The number of fused-ring (bicyclic) bond motifs is 3. The van der Waals surface area contributed by atoms with Crippen LogP contribution >= 0.6 is 23.2 Å². The van der Waals surface area contributed by atoms with Crippen LogP contribution in [0.2, 0.25) is 10.0 Å². The van der Waals surface area contributed by atoms with Gasteiger partial charge in [0.15, 0.2) is 5.58 Å². The maximum Gasteiger partial charge on any atom is 0.159 e. The summed E-state index contributed by atoms with van der Waals surface area (Å²) in [6.45, 7) is 0. The van der Waals surface area contributed by atoms with E-state index in [-0.39, 0.29) is 0 Å². The molecule has 11 rings (SSSR count). The van der Waals surface area contributed by atoms with Gasteiger partial charge in [0.25, 0.3) is 0 Å². The molecule has 0 bridgehead atoms. The third-order valence-corrected chi connectivity index (χ3v) is 12.5. The summed E-state index contributed by atoms with van der Waals surface area (Å²) in [7, 11) is 0. The van der Waals surface area contributed by atoms with Crippen LogP contribution in [0, 0.1) is 0 Å². The predicted octanol–water partition coefficient (Wildman–Crippen LogP) is 18.5. The first-order chi connectivity index (χ1) is 32.0. The van der Waals surface area contributed by atoms with E-state index in [4.69, 9.17) is 27.6 Å². The quantitative estimate of drug-likeness (QED) is 0.136. The summed E-state index contributed by atoms with van der Waals surface area (Å²) in [5, 5.41) is 3.52. The smallest absolute Gasteiger partial charge is 0.159 e. The van der Waals surface area contributed by atoms with Gasteiger partial charge in [-0.05, 0) is 148 Å². The maximum absolute atomic E-state index is 6.83. The largest absolute Gasteiger partial charge is 0.454 e. The van der Waals surface area contributed by atoms with Crippen molar-refractivity contribution in [2.24, 2.45) is 0 Å². The summed E-state index contributed by atoms with van der Waals surface area (Å²) in [6, 6.07) is 84.6. The van der Waals surface area contributed by atoms with Gasteiger partial charge in [-0.3, -0.25) is 0 Å². The van der Waals surface area contributed by atoms with Gasteiger partial charge in [-0.2, -0.15) is 0 Å². The van der Waals surface area contributed by atoms with Crippen LogP contribution in [0.3, 0.4) is 0 Å². The van der Waals surface area contributed by atoms with E-state index in [0.29, 0.717) is 10.0 Å². The standard InChI is InChI=1S/C60H40Cl2N2O/c61-49-25-35-53(36-26-49)63(51-29-18-44(19-30-51)41-8-3-1-4-9-41)52-31-20-46(21-32-52)43-14-16-47(17-15-43)48-24-39-56-57-12-7-13-58(60(57)65-59(56)40-48)64(55-37-27-50(62)28-38-55)54-33-22-45(23-34-54)42-10-5-2-6-11-42/h1-40H. The minimum Gasteiger partial charge on any atom is -0.454 e. The summed E-state index contributed by atoms with van der Waals surface area (Å²) < 4.78 is 6.83. The molecule has 0 amide bonds. The van der Waals surface area contributed by atoms with Gasteiger partial charge < -0.3 is 14.2 Å². The summed E-state index contributed by atoms with van der Waals surface area (Å²) in [6.07, 6.45) is 0. The maximum atomic E-state index is 6.83. The van der Waals surface area contributed by atoms with Crippen molar-refractivity contribution < 1.29 is 4.42 Å². The molecule has 10 aromatic carbocycles. The second-order valence-electron chi connectivity index (χ2n) is 16.0. The molecule has 0 fully saturated rings. The highest BCUT2D eigenvalue weighted by Crippen LogP contribution is 2.44. The molecular formula is C60H40Cl2N2O. The number of anilines is 6. The van der Waals surface area contributed by atoms with E-state index in [1.54, 1.807) is 0 Å². The molecule has 0 saturated heterocycles. The van der Waals surface area contributed by atoms with E-state index in [1.165, 1.54) is 16.7 Å². The monoisotopic (exact) mass is 874 g/mol. The van der Waals surface area contributed by atoms with Crippen LogP contribution in [-0.4, -0.2) is 0 Å². The van der Waals surface area contributed by atoms with Crippen molar-refractivity contribution >= 4 is 79.3 Å². The molecule has 1 aromatic heterocycles. The Morgan fingerprint density at radius 2 is 0.631 bits per heavy atom. The SMILES string of the molecule is Clc1ccc(N(c2ccc(-c3ccccc3)cc2)c2ccc(-c3ccc(-c4ccc5c(c4)oc4c(N(c6ccc(Cl)cc6)c6ccc(-c7ccccc7)cc6)cccc45)cc3)cc2)cc1. The molecule has 0 aliphatic rings. The Labute approximate surface area is 388 Å². The number of benzene rings is 10. The molecular weight excluding hydrogens is 836 g/mol. The minimum absolute atomic E-state index is 0.687. The van der Waals surface area contributed by atoms with E-state index in [9.17, 15) is 0 Å². The fraction of sp³-hybridized carbons (Fsp3) is 0. The first-order valence-corrected chi connectivity index (χ1v) is 22.4. The predicted molar refractivity (Wildman–Crippen MR) is 275 cm³/mol. The highest BCUT2D eigenvalue weighted by atomic mass is 35.5.